The van der Waals surface area contributed by atoms with Crippen molar-refractivity contribution in [1.29, 1.82) is 0 Å². The maximum atomic E-state index is 11.7. The minimum absolute atomic E-state index is 0. The largest absolute Gasteiger partial charge is 1.00 e. The van der Waals surface area contributed by atoms with Crippen LogP contribution in [-0.2, 0) is 9.53 Å². The first kappa shape index (κ1) is 59.1. The number of carbonyl (C=O) groups excluding carboxylic acids is 1. The summed E-state index contributed by atoms with van der Waals surface area (Å²) in [5.41, 5.74) is 0. The number of allylic oxidation sites excluding steroid dienone is 24. The average Bonchev–Trinajstić information content (AvgIpc) is 3.17. The normalized spacial score (nSPS) is 13.7. The molecule has 0 radical (unpaired) electrons. The minimum atomic E-state index is -0.0791. The second-order valence-corrected chi connectivity index (χ2v) is 12.6. The summed E-state index contributed by atoms with van der Waals surface area (Å²) in [4.78, 5) is 11.7. The Balaban J connectivity index is -0.000000296. The van der Waals surface area contributed by atoms with Gasteiger partial charge in [0.1, 0.15) is 0 Å². The molecule has 2 unspecified atom stereocenters. The first-order chi connectivity index (χ1) is 26.1. The summed E-state index contributed by atoms with van der Waals surface area (Å²) in [7, 11) is 0. The predicted octanol–water partition coefficient (Wildman–Crippen LogP) is 10.7. The summed E-state index contributed by atoms with van der Waals surface area (Å²) in [5.74, 6) is 0.332. The second kappa shape index (κ2) is 53.5. The molecule has 5 heteroatoms. The molecule has 2 atom stereocenters. The van der Waals surface area contributed by atoms with E-state index in [1.807, 2.05) is 13.8 Å². The van der Waals surface area contributed by atoms with Crippen LogP contribution < -0.4 is 18.9 Å². The van der Waals surface area contributed by atoms with E-state index in [1.165, 1.54) is 0 Å². The molecule has 3 nitrogen and oxygen atoms in total. The van der Waals surface area contributed by atoms with Gasteiger partial charge in [-0.2, -0.15) is 0 Å². The van der Waals surface area contributed by atoms with Crippen LogP contribution in [0.4, 0.5) is 0 Å². The van der Waals surface area contributed by atoms with Gasteiger partial charge in [-0.3, -0.25) is 4.79 Å². The molecule has 0 bridgehead atoms. The molecule has 0 aliphatic rings. The van der Waals surface area contributed by atoms with Crippen LogP contribution in [0, 0.1) is 11.8 Å². The number of aliphatic hydroxyl groups excluding tert-OH is 1. The van der Waals surface area contributed by atoms with Crippen LogP contribution in [0.3, 0.4) is 0 Å². The number of hydrogen-bond donors (Lipinski definition) is 1. The van der Waals surface area contributed by atoms with Gasteiger partial charge < -0.3 is 11.3 Å². The zero-order valence-electron chi connectivity index (χ0n) is 36.5. The van der Waals surface area contributed by atoms with Crippen LogP contribution in [-0.4, -0.2) is 41.7 Å². The SMILES string of the molecule is CC/C=C\C/C=C\C/C=C\C/C=C\C/C=C\C/C=C\CC(CC)C(=O)OCC.CC/C=C\C/C=C\C/C=C\C/C=C\C/C=C\C/C=C\CC(CC)CO.[AlH3].[H-].[Li+]. The Morgan fingerprint density at radius 1 is 0.455 bits per heavy atom. The summed E-state index contributed by atoms with van der Waals surface area (Å²) < 4.78 is 5.08. The topological polar surface area (TPSA) is 46.5 Å². The van der Waals surface area contributed by atoms with Gasteiger partial charge in [0, 0.05) is 6.61 Å². The van der Waals surface area contributed by atoms with Gasteiger partial charge in [0.15, 0.2) is 17.4 Å². The van der Waals surface area contributed by atoms with E-state index in [9.17, 15) is 4.79 Å². The fourth-order valence-corrected chi connectivity index (χ4v) is 4.65. The van der Waals surface area contributed by atoms with Gasteiger partial charge in [-0.1, -0.05) is 180 Å². The molecule has 0 amide bonds. The van der Waals surface area contributed by atoms with E-state index < -0.39 is 0 Å². The van der Waals surface area contributed by atoms with Crippen LogP contribution in [0.1, 0.15) is 139 Å². The van der Waals surface area contributed by atoms with Gasteiger partial charge in [-0.15, -0.1) is 0 Å². The van der Waals surface area contributed by atoms with Crippen molar-refractivity contribution >= 4 is 23.3 Å². The number of hydrogen-bond acceptors (Lipinski definition) is 3. The van der Waals surface area contributed by atoms with Gasteiger partial charge in [0.2, 0.25) is 0 Å². The van der Waals surface area contributed by atoms with Crippen molar-refractivity contribution in [1.82, 2.24) is 0 Å². The van der Waals surface area contributed by atoms with Crippen LogP contribution in [0.15, 0.2) is 146 Å². The van der Waals surface area contributed by atoms with Gasteiger partial charge in [-0.25, -0.2) is 0 Å². The summed E-state index contributed by atoms with van der Waals surface area (Å²) in [5, 5.41) is 9.10. The van der Waals surface area contributed by atoms with Crippen molar-refractivity contribution in [2.24, 2.45) is 11.8 Å². The summed E-state index contributed by atoms with van der Waals surface area (Å²) in [6.07, 6.45) is 68.6. The maximum absolute atomic E-state index is 11.7. The monoisotopic (exact) mass is 765 g/mol. The summed E-state index contributed by atoms with van der Waals surface area (Å²) in [6, 6.07) is 0. The Morgan fingerprint density at radius 3 is 0.964 bits per heavy atom. The van der Waals surface area contributed by atoms with Gasteiger partial charge in [0.05, 0.1) is 12.5 Å². The van der Waals surface area contributed by atoms with E-state index >= 15 is 0 Å². The molecule has 0 spiro atoms. The second-order valence-electron chi connectivity index (χ2n) is 12.6. The van der Waals surface area contributed by atoms with Gasteiger partial charge >= 0.3 is 24.8 Å². The van der Waals surface area contributed by atoms with E-state index in [2.05, 4.69) is 167 Å². The molecular formula is C50H82AlLiO3. The van der Waals surface area contributed by atoms with Crippen LogP contribution in [0.5, 0.6) is 0 Å². The van der Waals surface area contributed by atoms with Crippen molar-refractivity contribution < 1.29 is 34.9 Å². The molecule has 0 fully saturated rings. The molecule has 0 aliphatic heterocycles. The van der Waals surface area contributed by atoms with Crippen molar-refractivity contribution in [2.75, 3.05) is 13.2 Å². The Hall–Kier alpha value is -2.56. The predicted molar refractivity (Wildman–Crippen MR) is 248 cm³/mol. The molecule has 0 aliphatic carbocycles. The zero-order valence-corrected chi connectivity index (χ0v) is 35.5. The summed E-state index contributed by atoms with van der Waals surface area (Å²) in [6.45, 7) is 11.1. The fourth-order valence-electron chi connectivity index (χ4n) is 4.65. The van der Waals surface area contributed by atoms with Crippen molar-refractivity contribution in [2.45, 2.75) is 137 Å². The standard InChI is InChI=1S/C26H40O2.C24H38O.Al.Li.4H/c1-4-7-8-9-10-11-12-13-14-15-16-17-18-19-20-21-22-23-24-25(5-2)26(27)28-6-3;1-3-5-6-7-8-9-10-11-12-13-14-15-16-17-18-19-20-21-22-24(4-2)23-25;;;;;;/h7-8,10-11,13-14,16-17,19-20,22-23,25H,4-6,9,12,15,18,21,24H2,1-3H3;5-6,8-9,11-12,14-15,17-18,20-21,24-25H,3-4,7,10,13,16,19,22-23H2,1-2H3;;;;;;/q;;;+1;;;;-1/b8-7-,11-10-,14-13-,17-16-,20-19-,23-22-;6-5-,9-8-,12-11-,15-14-,18-17-,21-20-;;;;;;. The average molecular weight is 765 g/mol. The number of rotatable bonds is 31. The first-order valence-electron chi connectivity index (χ1n) is 20.7. The molecule has 304 valence electrons. The summed E-state index contributed by atoms with van der Waals surface area (Å²) >= 11 is 0. The number of aliphatic hydroxyl groups is 1. The van der Waals surface area contributed by atoms with Crippen LogP contribution in [0.2, 0.25) is 0 Å². The molecule has 0 heterocycles. The molecule has 0 saturated heterocycles. The molecule has 0 rings (SSSR count). The van der Waals surface area contributed by atoms with E-state index in [-0.39, 0.29) is 49.5 Å². The molecule has 0 aromatic carbocycles. The minimum Gasteiger partial charge on any atom is -1.00 e. The van der Waals surface area contributed by atoms with E-state index in [0.29, 0.717) is 19.1 Å². The fraction of sp³-hybridized carbons (Fsp3) is 0.500. The van der Waals surface area contributed by atoms with E-state index in [1.54, 1.807) is 0 Å². The third-order valence-electron chi connectivity index (χ3n) is 8.03. The van der Waals surface area contributed by atoms with E-state index in [4.69, 9.17) is 9.84 Å². The van der Waals surface area contributed by atoms with Gasteiger partial charge in [0.25, 0.3) is 0 Å². The molecule has 0 aromatic heterocycles. The van der Waals surface area contributed by atoms with Crippen LogP contribution >= 0.6 is 0 Å². The first-order valence-corrected chi connectivity index (χ1v) is 20.7. The number of carbonyl (C=O) groups is 1. The maximum Gasteiger partial charge on any atom is 1.00 e. The Labute approximate surface area is 364 Å². The quantitative estimate of drug-likeness (QED) is 0.0434. The molecule has 1 N–H and O–H groups in total. The Morgan fingerprint density at radius 2 is 0.727 bits per heavy atom. The van der Waals surface area contributed by atoms with Crippen molar-refractivity contribution in [3.8, 4) is 0 Å². The third kappa shape index (κ3) is 49.4. The van der Waals surface area contributed by atoms with E-state index in [0.717, 1.165) is 103 Å². The van der Waals surface area contributed by atoms with Crippen LogP contribution in [0.25, 0.3) is 0 Å². The smallest absolute Gasteiger partial charge is 1.00 e. The Kier molecular flexibility index (Phi) is 57.6. The zero-order chi connectivity index (χ0) is 39.1. The number of esters is 1. The number of ether oxygens (including phenoxy) is 1. The third-order valence-corrected chi connectivity index (χ3v) is 8.03. The molecule has 0 aromatic rings. The molecular weight excluding hydrogens is 682 g/mol. The molecule has 55 heavy (non-hydrogen) atoms. The Bertz CT molecular complexity index is 1170. The van der Waals surface area contributed by atoms with Gasteiger partial charge in [-0.05, 0) is 109 Å². The molecule has 0 saturated carbocycles. The van der Waals surface area contributed by atoms with Crippen molar-refractivity contribution in [3.63, 3.8) is 0 Å². The van der Waals surface area contributed by atoms with Crippen molar-refractivity contribution in [3.05, 3.63) is 146 Å².